The Hall–Kier alpha value is -4.02. The molecule has 0 aromatic heterocycles. The molecule has 10 heteroatoms. The third-order valence-corrected chi connectivity index (χ3v) is 6.45. The number of anilines is 3. The summed E-state index contributed by atoms with van der Waals surface area (Å²) in [4.78, 5) is 30.2. The zero-order valence-electron chi connectivity index (χ0n) is 21.9. The van der Waals surface area contributed by atoms with E-state index in [1.807, 2.05) is 24.3 Å². The highest BCUT2D eigenvalue weighted by molar-refractivity contribution is 6.04. The number of nitrogens with zero attached hydrogens (tertiary/aromatic N) is 2. The van der Waals surface area contributed by atoms with E-state index in [-0.39, 0.29) is 11.6 Å². The van der Waals surface area contributed by atoms with Gasteiger partial charge >= 0.3 is 6.03 Å². The number of halogens is 2. The van der Waals surface area contributed by atoms with Crippen LogP contribution in [-0.4, -0.2) is 63.3 Å². The molecular weight excluding hydrogens is 504 g/mol. The first kappa shape index (κ1) is 28.0. The van der Waals surface area contributed by atoms with Gasteiger partial charge < -0.3 is 25.6 Å². The highest BCUT2D eigenvalue weighted by Gasteiger charge is 2.22. The number of piperazine rings is 1. The first-order chi connectivity index (χ1) is 18.9. The number of hydrogen-bond acceptors (Lipinski definition) is 5. The Bertz CT molecular complexity index is 1270. The van der Waals surface area contributed by atoms with Crippen molar-refractivity contribution in [3.63, 3.8) is 0 Å². The van der Waals surface area contributed by atoms with Crippen LogP contribution in [0.5, 0.6) is 0 Å². The van der Waals surface area contributed by atoms with Crippen LogP contribution >= 0.6 is 0 Å². The number of carbonyl (C=O) groups excluding carboxylic acids is 2. The van der Waals surface area contributed by atoms with E-state index in [1.165, 1.54) is 11.6 Å². The van der Waals surface area contributed by atoms with Gasteiger partial charge in [-0.25, -0.2) is 13.6 Å². The molecule has 3 N–H and O–H groups in total. The fourth-order valence-electron chi connectivity index (χ4n) is 4.44. The summed E-state index contributed by atoms with van der Waals surface area (Å²) in [7, 11) is 1.61. The predicted molar refractivity (Wildman–Crippen MR) is 148 cm³/mol. The van der Waals surface area contributed by atoms with Crippen molar-refractivity contribution in [3.8, 4) is 0 Å². The first-order valence-electron chi connectivity index (χ1n) is 12.9. The van der Waals surface area contributed by atoms with Crippen LogP contribution in [0.25, 0.3) is 0 Å². The van der Waals surface area contributed by atoms with Crippen molar-refractivity contribution in [1.82, 2.24) is 10.2 Å². The van der Waals surface area contributed by atoms with Gasteiger partial charge in [0.25, 0.3) is 5.91 Å². The minimum Gasteiger partial charge on any atom is -0.385 e. The molecule has 0 spiro atoms. The van der Waals surface area contributed by atoms with E-state index >= 15 is 0 Å². The molecule has 0 bridgehead atoms. The first-order valence-corrected chi connectivity index (χ1v) is 12.9. The third-order valence-electron chi connectivity index (χ3n) is 6.45. The van der Waals surface area contributed by atoms with Gasteiger partial charge in [-0.15, -0.1) is 0 Å². The fourth-order valence-corrected chi connectivity index (χ4v) is 4.44. The second kappa shape index (κ2) is 13.7. The quantitative estimate of drug-likeness (QED) is 0.327. The van der Waals surface area contributed by atoms with Crippen molar-refractivity contribution in [2.24, 2.45) is 0 Å². The lowest BCUT2D eigenvalue weighted by Crippen LogP contribution is -2.46. The molecule has 0 radical (unpaired) electrons. The van der Waals surface area contributed by atoms with Crippen LogP contribution in [0, 0.1) is 11.6 Å². The molecule has 206 valence electrons. The van der Waals surface area contributed by atoms with Crippen LogP contribution in [0.3, 0.4) is 0 Å². The molecule has 1 saturated heterocycles. The van der Waals surface area contributed by atoms with Crippen molar-refractivity contribution in [1.29, 1.82) is 0 Å². The molecule has 1 heterocycles. The minimum absolute atomic E-state index is 0.104. The number of hydrogen-bond donors (Lipinski definition) is 3. The topological polar surface area (TPSA) is 85.9 Å². The maximum atomic E-state index is 13.5. The average molecular weight is 538 g/mol. The molecule has 8 nitrogen and oxygen atoms in total. The van der Waals surface area contributed by atoms with Crippen LogP contribution in [-0.2, 0) is 11.3 Å². The van der Waals surface area contributed by atoms with E-state index < -0.39 is 17.7 Å². The smallest absolute Gasteiger partial charge is 0.323 e. The summed E-state index contributed by atoms with van der Waals surface area (Å²) < 4.78 is 31.8. The van der Waals surface area contributed by atoms with Crippen LogP contribution in [0.1, 0.15) is 22.3 Å². The van der Waals surface area contributed by atoms with E-state index in [4.69, 9.17) is 4.74 Å². The van der Waals surface area contributed by atoms with E-state index in [0.29, 0.717) is 30.8 Å². The highest BCUT2D eigenvalue weighted by Crippen LogP contribution is 2.26. The van der Waals surface area contributed by atoms with Crippen LogP contribution in [0.4, 0.5) is 30.6 Å². The summed E-state index contributed by atoms with van der Waals surface area (Å²) in [5.74, 6) is -2.32. The Labute approximate surface area is 226 Å². The summed E-state index contributed by atoms with van der Waals surface area (Å²) in [5.41, 5.74) is 2.98. The van der Waals surface area contributed by atoms with Crippen LogP contribution < -0.4 is 20.9 Å². The highest BCUT2D eigenvalue weighted by atomic mass is 19.2. The fraction of sp³-hybridized carbons (Fsp3) is 0.310. The maximum Gasteiger partial charge on any atom is 0.323 e. The van der Waals surface area contributed by atoms with E-state index in [2.05, 4.69) is 37.9 Å². The van der Waals surface area contributed by atoms with Crippen molar-refractivity contribution in [2.75, 3.05) is 62.0 Å². The van der Waals surface area contributed by atoms with Crippen molar-refractivity contribution in [3.05, 3.63) is 89.5 Å². The van der Waals surface area contributed by atoms with Gasteiger partial charge in [-0.2, -0.15) is 0 Å². The van der Waals surface area contributed by atoms with Crippen LogP contribution in [0.15, 0.2) is 66.7 Å². The zero-order chi connectivity index (χ0) is 27.6. The summed E-state index contributed by atoms with van der Waals surface area (Å²) in [6.07, 6.45) is 0.671. The molecule has 0 saturated carbocycles. The number of benzene rings is 3. The van der Waals surface area contributed by atoms with Gasteiger partial charge in [-0.3, -0.25) is 9.69 Å². The van der Waals surface area contributed by atoms with Gasteiger partial charge in [-0.1, -0.05) is 30.3 Å². The zero-order valence-corrected chi connectivity index (χ0v) is 21.9. The molecule has 3 aromatic rings. The number of nitrogens with one attached hydrogen (secondary N) is 3. The SMILES string of the molecule is COCCCNC(=O)c1cc(NC(=O)Nc2ccc(F)c(F)c2)ccc1N1CCN(Cc2ccccc2)CC1. The molecule has 0 unspecified atom stereocenters. The molecule has 39 heavy (non-hydrogen) atoms. The van der Waals surface area contributed by atoms with Gasteiger partial charge in [0, 0.05) is 76.1 Å². The Balaban J connectivity index is 1.45. The van der Waals surface area contributed by atoms with Crippen molar-refractivity contribution < 1.29 is 23.1 Å². The monoisotopic (exact) mass is 537 g/mol. The molecule has 3 amide bonds. The molecule has 1 fully saturated rings. The molecule has 1 aliphatic heterocycles. The molecule has 0 aliphatic carbocycles. The molecule has 1 aliphatic rings. The molecule has 3 aromatic carbocycles. The average Bonchev–Trinajstić information content (AvgIpc) is 2.94. The maximum absolute atomic E-state index is 13.5. The Morgan fingerprint density at radius 1 is 0.872 bits per heavy atom. The van der Waals surface area contributed by atoms with Gasteiger partial charge in [0.2, 0.25) is 0 Å². The summed E-state index contributed by atoms with van der Waals surface area (Å²) in [6.45, 7) is 5.05. The number of amides is 3. The number of methoxy groups -OCH3 is 1. The number of carbonyl (C=O) groups is 2. The summed E-state index contributed by atoms with van der Waals surface area (Å²) >= 11 is 0. The Morgan fingerprint density at radius 3 is 2.26 bits per heavy atom. The standard InChI is InChI=1S/C29H33F2N5O3/c1-39-17-5-12-32-28(37)24-18-22(33-29(38)34-23-8-10-25(30)26(31)19-23)9-11-27(24)36-15-13-35(14-16-36)20-21-6-3-2-4-7-21/h2-4,6-11,18-19H,5,12-17,20H2,1H3,(H,32,37)(H2,33,34,38). The van der Waals surface area contributed by atoms with Gasteiger partial charge in [0.05, 0.1) is 5.56 Å². The predicted octanol–water partition coefficient (Wildman–Crippen LogP) is 4.70. The van der Waals surface area contributed by atoms with Gasteiger partial charge in [0.15, 0.2) is 11.6 Å². The number of urea groups is 1. The van der Waals surface area contributed by atoms with E-state index in [1.54, 1.807) is 19.2 Å². The number of rotatable bonds is 10. The lowest BCUT2D eigenvalue weighted by molar-refractivity contribution is 0.0949. The van der Waals surface area contributed by atoms with E-state index in [9.17, 15) is 18.4 Å². The molecular formula is C29H33F2N5O3. The largest absolute Gasteiger partial charge is 0.385 e. The van der Waals surface area contributed by atoms with Crippen molar-refractivity contribution in [2.45, 2.75) is 13.0 Å². The van der Waals surface area contributed by atoms with Crippen LogP contribution in [0.2, 0.25) is 0 Å². The molecule has 0 atom stereocenters. The normalized spacial score (nSPS) is 13.7. The second-order valence-corrected chi connectivity index (χ2v) is 9.29. The van der Waals surface area contributed by atoms with E-state index in [0.717, 1.165) is 50.5 Å². The Morgan fingerprint density at radius 2 is 1.56 bits per heavy atom. The van der Waals surface area contributed by atoms with Gasteiger partial charge in [0.1, 0.15) is 0 Å². The second-order valence-electron chi connectivity index (χ2n) is 9.29. The minimum atomic E-state index is -1.06. The number of ether oxygens (including phenoxy) is 1. The van der Waals surface area contributed by atoms with Crippen molar-refractivity contribution >= 4 is 29.0 Å². The summed E-state index contributed by atoms with van der Waals surface area (Å²) in [5, 5.41) is 8.06. The summed E-state index contributed by atoms with van der Waals surface area (Å²) in [6, 6.07) is 17.9. The van der Waals surface area contributed by atoms with Gasteiger partial charge in [-0.05, 0) is 42.3 Å². The lowest BCUT2D eigenvalue weighted by Gasteiger charge is -2.37. The Kier molecular flexibility index (Phi) is 9.82. The lowest BCUT2D eigenvalue weighted by atomic mass is 10.1. The third kappa shape index (κ3) is 7.98. The molecule has 4 rings (SSSR count).